The molecule has 1 aliphatic heterocycles. The van der Waals surface area contributed by atoms with Crippen LogP contribution in [-0.2, 0) is 9.59 Å². The first-order valence-corrected chi connectivity index (χ1v) is 12.2. The zero-order chi connectivity index (χ0) is 25.9. The summed E-state index contributed by atoms with van der Waals surface area (Å²) in [7, 11) is 3.06. The summed E-state index contributed by atoms with van der Waals surface area (Å²) in [5.41, 5.74) is 3.09. The number of fused-ring (bicyclic) bond motifs is 1. The van der Waals surface area contributed by atoms with Crippen LogP contribution in [0.15, 0.2) is 30.3 Å². The van der Waals surface area contributed by atoms with E-state index in [0.717, 1.165) is 28.6 Å². The number of hydrogen-bond acceptors (Lipinski definition) is 7. The van der Waals surface area contributed by atoms with E-state index in [0.29, 0.717) is 29.4 Å². The lowest BCUT2D eigenvalue weighted by molar-refractivity contribution is -0.142. The summed E-state index contributed by atoms with van der Waals surface area (Å²) < 4.78 is 17.3. The third kappa shape index (κ3) is 5.96. The maximum Gasteiger partial charge on any atom is 0.317 e. The first-order valence-electron chi connectivity index (χ1n) is 11.3. The highest BCUT2D eigenvalue weighted by atomic mass is 32.2. The number of thioether (sulfide) groups is 1. The molecule has 0 saturated carbocycles. The molecule has 35 heavy (non-hydrogen) atoms. The predicted molar refractivity (Wildman–Crippen MR) is 136 cm³/mol. The van der Waals surface area contributed by atoms with Gasteiger partial charge in [0.2, 0.25) is 0 Å². The Morgan fingerprint density at radius 2 is 1.89 bits per heavy atom. The third-order valence-corrected chi connectivity index (χ3v) is 7.46. The number of para-hydroxylation sites is 1. The van der Waals surface area contributed by atoms with Gasteiger partial charge in [0.25, 0.3) is 0 Å². The van der Waals surface area contributed by atoms with E-state index in [1.165, 1.54) is 14.2 Å². The highest BCUT2D eigenvalue weighted by molar-refractivity contribution is 8.01. The van der Waals surface area contributed by atoms with Crippen LogP contribution in [0.3, 0.4) is 0 Å². The third-order valence-electron chi connectivity index (χ3n) is 5.98. The first-order chi connectivity index (χ1) is 16.5. The topological polar surface area (TPSA) is 114 Å². The number of aliphatic carboxylic acids is 2. The summed E-state index contributed by atoms with van der Waals surface area (Å²) in [5.74, 6) is -0.729. The van der Waals surface area contributed by atoms with Crippen LogP contribution >= 0.6 is 11.8 Å². The van der Waals surface area contributed by atoms with Crippen molar-refractivity contribution in [3.8, 4) is 17.2 Å². The molecule has 2 aromatic rings. The quantitative estimate of drug-likeness (QED) is 0.436. The number of rotatable bonds is 9. The number of carbonyl (C=O) groups is 2. The number of methoxy groups -OCH3 is 2. The van der Waals surface area contributed by atoms with Crippen LogP contribution in [0.5, 0.6) is 17.2 Å². The SMILES string of the molecule is COc1cccc(C(SC(CC(=O)O)C(=O)O)c2cc(C)cc3c2NC(C(C)(C)C)CO3)c1OC. The van der Waals surface area contributed by atoms with Crippen molar-refractivity contribution >= 4 is 29.4 Å². The molecular formula is C26H33NO7S. The Kier molecular flexibility index (Phi) is 8.10. The van der Waals surface area contributed by atoms with Crippen molar-refractivity contribution in [3.63, 3.8) is 0 Å². The van der Waals surface area contributed by atoms with Crippen LogP contribution < -0.4 is 19.5 Å². The van der Waals surface area contributed by atoms with Crippen molar-refractivity contribution in [1.29, 1.82) is 0 Å². The molecule has 9 heteroatoms. The molecule has 8 nitrogen and oxygen atoms in total. The minimum Gasteiger partial charge on any atom is -0.493 e. The molecule has 0 radical (unpaired) electrons. The largest absolute Gasteiger partial charge is 0.493 e. The van der Waals surface area contributed by atoms with Crippen LogP contribution in [-0.4, -0.2) is 54.3 Å². The highest BCUT2D eigenvalue weighted by Gasteiger charge is 2.36. The van der Waals surface area contributed by atoms with Crippen molar-refractivity contribution < 1.29 is 34.0 Å². The van der Waals surface area contributed by atoms with Crippen LogP contribution in [0.25, 0.3) is 0 Å². The normalized spacial score (nSPS) is 16.8. The molecule has 0 saturated heterocycles. The lowest BCUT2D eigenvalue weighted by Crippen LogP contribution is -2.42. The average molecular weight is 504 g/mol. The van der Waals surface area contributed by atoms with Crippen LogP contribution in [0.1, 0.15) is 49.1 Å². The molecule has 190 valence electrons. The van der Waals surface area contributed by atoms with Crippen molar-refractivity contribution in [2.24, 2.45) is 5.41 Å². The van der Waals surface area contributed by atoms with E-state index in [9.17, 15) is 19.8 Å². The molecule has 3 atom stereocenters. The van der Waals surface area contributed by atoms with Gasteiger partial charge in [0.1, 0.15) is 17.6 Å². The van der Waals surface area contributed by atoms with Crippen molar-refractivity contribution in [1.82, 2.24) is 0 Å². The molecule has 1 heterocycles. The van der Waals surface area contributed by atoms with E-state index in [1.807, 2.05) is 25.1 Å². The maximum absolute atomic E-state index is 12.1. The number of hydrogen-bond donors (Lipinski definition) is 3. The van der Waals surface area contributed by atoms with Gasteiger partial charge in [-0.1, -0.05) is 39.0 Å². The number of carboxylic acids is 2. The lowest BCUT2D eigenvalue weighted by atomic mass is 9.85. The number of aryl methyl sites for hydroxylation is 1. The second-order valence-corrected chi connectivity index (χ2v) is 10.9. The van der Waals surface area contributed by atoms with Crippen molar-refractivity contribution in [3.05, 3.63) is 47.0 Å². The smallest absolute Gasteiger partial charge is 0.317 e. The van der Waals surface area contributed by atoms with E-state index >= 15 is 0 Å². The summed E-state index contributed by atoms with van der Waals surface area (Å²) in [6.07, 6.45) is -0.522. The van der Waals surface area contributed by atoms with Gasteiger partial charge in [-0.15, -0.1) is 11.8 Å². The van der Waals surface area contributed by atoms with E-state index in [4.69, 9.17) is 14.2 Å². The number of anilines is 1. The molecule has 0 spiro atoms. The minimum atomic E-state index is -1.19. The van der Waals surface area contributed by atoms with E-state index < -0.39 is 28.9 Å². The molecule has 3 rings (SSSR count). The summed E-state index contributed by atoms with van der Waals surface area (Å²) in [6, 6.07) is 9.36. The summed E-state index contributed by atoms with van der Waals surface area (Å²) in [5, 5.41) is 21.1. The Balaban J connectivity index is 2.24. The van der Waals surface area contributed by atoms with Gasteiger partial charge < -0.3 is 29.7 Å². The molecule has 0 fully saturated rings. The van der Waals surface area contributed by atoms with Gasteiger partial charge in [-0.3, -0.25) is 9.59 Å². The molecule has 0 amide bonds. The minimum absolute atomic E-state index is 0.0172. The Hall–Kier alpha value is -3.07. The monoisotopic (exact) mass is 503 g/mol. The van der Waals surface area contributed by atoms with Gasteiger partial charge >= 0.3 is 11.9 Å². The second-order valence-electron chi connectivity index (χ2n) is 9.62. The second kappa shape index (κ2) is 10.7. The summed E-state index contributed by atoms with van der Waals surface area (Å²) in [4.78, 5) is 23.5. The highest BCUT2D eigenvalue weighted by Crippen LogP contribution is 2.51. The lowest BCUT2D eigenvalue weighted by Gasteiger charge is -2.38. The van der Waals surface area contributed by atoms with Gasteiger partial charge in [-0.25, -0.2) is 0 Å². The molecular weight excluding hydrogens is 470 g/mol. The van der Waals surface area contributed by atoms with Gasteiger partial charge in [0.15, 0.2) is 11.5 Å². The van der Waals surface area contributed by atoms with Gasteiger partial charge in [-0.2, -0.15) is 0 Å². The fourth-order valence-corrected chi connectivity index (χ4v) is 5.41. The predicted octanol–water partition coefficient (Wildman–Crippen LogP) is 4.98. The zero-order valence-corrected chi connectivity index (χ0v) is 21.7. The maximum atomic E-state index is 12.1. The van der Waals surface area contributed by atoms with Crippen LogP contribution in [0, 0.1) is 12.3 Å². The van der Waals surface area contributed by atoms with Gasteiger partial charge in [-0.05, 0) is 35.6 Å². The van der Waals surface area contributed by atoms with Crippen LogP contribution in [0.2, 0.25) is 0 Å². The van der Waals surface area contributed by atoms with Crippen molar-refractivity contribution in [2.75, 3.05) is 26.1 Å². The molecule has 0 aromatic heterocycles. The fraction of sp³-hybridized carbons (Fsp3) is 0.462. The Bertz CT molecular complexity index is 1100. The number of carboxylic acid groups (broad SMARTS) is 2. The Morgan fingerprint density at radius 1 is 1.17 bits per heavy atom. The number of nitrogens with one attached hydrogen (secondary N) is 1. The van der Waals surface area contributed by atoms with Crippen molar-refractivity contribution in [2.45, 2.75) is 50.7 Å². The Labute approximate surface area is 210 Å². The summed E-state index contributed by atoms with van der Waals surface area (Å²) >= 11 is 1.06. The molecule has 1 aliphatic rings. The molecule has 2 aromatic carbocycles. The molecule has 0 bridgehead atoms. The van der Waals surface area contributed by atoms with Gasteiger partial charge in [0, 0.05) is 5.56 Å². The zero-order valence-electron chi connectivity index (χ0n) is 20.9. The Morgan fingerprint density at radius 3 is 2.46 bits per heavy atom. The summed E-state index contributed by atoms with van der Waals surface area (Å²) in [6.45, 7) is 8.81. The molecule has 0 aliphatic carbocycles. The van der Waals surface area contributed by atoms with E-state index in [2.05, 4.69) is 26.1 Å². The van der Waals surface area contributed by atoms with E-state index in [-0.39, 0.29) is 11.5 Å². The van der Waals surface area contributed by atoms with Gasteiger partial charge in [0.05, 0.1) is 37.6 Å². The molecule has 3 N–H and O–H groups in total. The standard InChI is InChI=1S/C26H33NO7S/c1-14-10-16(22-18(11-14)34-13-20(27-22)26(2,3)4)24(35-19(25(30)31)12-21(28)29)15-8-7-9-17(32-5)23(15)33-6/h7-11,19-20,24,27H,12-13H2,1-6H3,(H,28,29)(H,30,31). The first kappa shape index (κ1) is 26.5. The number of ether oxygens (including phenoxy) is 3. The van der Waals surface area contributed by atoms with E-state index in [1.54, 1.807) is 12.1 Å². The number of benzene rings is 2. The van der Waals surface area contributed by atoms with Crippen LogP contribution in [0.4, 0.5) is 5.69 Å². The molecule has 3 unspecified atom stereocenters. The average Bonchev–Trinajstić information content (AvgIpc) is 2.79. The fourth-order valence-electron chi connectivity index (χ4n) is 4.06.